The maximum absolute atomic E-state index is 12.8. The number of carbonyl (C=O) groups is 2. The molecule has 166 valence electrons. The van der Waals surface area contributed by atoms with Crippen LogP contribution in [0, 0.1) is 0 Å². The highest BCUT2D eigenvalue weighted by Gasteiger charge is 2.36. The summed E-state index contributed by atoms with van der Waals surface area (Å²) in [6.07, 6.45) is 4.01. The minimum atomic E-state index is -3.33. The molecule has 1 aliphatic rings. The maximum Gasteiger partial charge on any atom is 0.338 e. The Morgan fingerprint density at radius 3 is 2.50 bits per heavy atom. The van der Waals surface area contributed by atoms with Gasteiger partial charge in [0.15, 0.2) is 0 Å². The van der Waals surface area contributed by atoms with Gasteiger partial charge in [0, 0.05) is 13.3 Å². The smallest absolute Gasteiger partial charge is 0.338 e. The Balaban J connectivity index is 1.84. The van der Waals surface area contributed by atoms with Crippen molar-refractivity contribution in [2.24, 2.45) is 0 Å². The van der Waals surface area contributed by atoms with Gasteiger partial charge in [-0.1, -0.05) is 24.3 Å². The van der Waals surface area contributed by atoms with Crippen LogP contribution in [0.5, 0.6) is 0 Å². The molecule has 1 aromatic rings. The highest BCUT2D eigenvalue weighted by Crippen LogP contribution is 2.51. The molecule has 0 radical (unpaired) electrons. The lowest BCUT2D eigenvalue weighted by Crippen LogP contribution is -2.11. The third kappa shape index (κ3) is 8.03. The van der Waals surface area contributed by atoms with Gasteiger partial charge in [-0.2, -0.15) is 0 Å². The molecule has 9 heteroatoms. The van der Waals surface area contributed by atoms with Crippen LogP contribution in [0.2, 0.25) is 0 Å². The van der Waals surface area contributed by atoms with E-state index in [-0.39, 0.29) is 50.8 Å². The summed E-state index contributed by atoms with van der Waals surface area (Å²) in [5, 5.41) is 0. The van der Waals surface area contributed by atoms with Crippen LogP contribution < -0.4 is 0 Å². The molecule has 1 heterocycles. The number of carbonyl (C=O) groups excluding carboxylic acids is 2. The predicted molar refractivity (Wildman–Crippen MR) is 110 cm³/mol. The van der Waals surface area contributed by atoms with Gasteiger partial charge in [-0.15, -0.1) is 0 Å². The molecule has 1 saturated heterocycles. The lowest BCUT2D eigenvalue weighted by atomic mass is 10.1. The lowest BCUT2D eigenvalue weighted by molar-refractivity contribution is -0.139. The van der Waals surface area contributed by atoms with E-state index in [0.29, 0.717) is 17.5 Å². The zero-order valence-electron chi connectivity index (χ0n) is 17.6. The molecule has 0 aromatic heterocycles. The number of benzene rings is 1. The molecule has 1 aromatic carbocycles. The molecule has 8 nitrogen and oxygen atoms in total. The van der Waals surface area contributed by atoms with Crippen molar-refractivity contribution in [3.63, 3.8) is 0 Å². The Morgan fingerprint density at radius 2 is 1.83 bits per heavy atom. The van der Waals surface area contributed by atoms with E-state index in [2.05, 4.69) is 0 Å². The van der Waals surface area contributed by atoms with Crippen molar-refractivity contribution in [2.45, 2.75) is 45.6 Å². The maximum atomic E-state index is 12.8. The third-order valence-electron chi connectivity index (χ3n) is 4.22. The average Bonchev–Trinajstić information content (AvgIpc) is 3.44. The Bertz CT molecular complexity index is 781. The molecule has 0 saturated carbocycles. The minimum absolute atomic E-state index is 0.000885. The molecule has 30 heavy (non-hydrogen) atoms. The summed E-state index contributed by atoms with van der Waals surface area (Å²) in [6.45, 7) is 5.74. The van der Waals surface area contributed by atoms with Gasteiger partial charge in [0.1, 0.15) is 12.7 Å². The standard InChI is InChI=1S/C21H29O8P/c1-4-27-30(24,28-5-2)15-17-9-6-7-10-18(17)21(23)26-14-12-20-19(29-20)11-8-13-25-16(3)22/h6-11,19-20H,4-5,12-15H2,1-3H3/b11-8-/t19-,20+/m0/s1. The first kappa shape index (κ1) is 24.3. The zero-order valence-corrected chi connectivity index (χ0v) is 18.5. The molecule has 0 aliphatic carbocycles. The van der Waals surface area contributed by atoms with Crippen molar-refractivity contribution in [1.29, 1.82) is 0 Å². The zero-order chi connectivity index (χ0) is 22.0. The van der Waals surface area contributed by atoms with Crippen molar-refractivity contribution in [3.8, 4) is 0 Å². The number of hydrogen-bond donors (Lipinski definition) is 0. The molecule has 0 bridgehead atoms. The van der Waals surface area contributed by atoms with Gasteiger partial charge in [-0.3, -0.25) is 9.36 Å². The molecule has 1 fully saturated rings. The van der Waals surface area contributed by atoms with Crippen LogP contribution in [0.4, 0.5) is 0 Å². The molecule has 2 atom stereocenters. The first-order valence-corrected chi connectivity index (χ1v) is 11.7. The fourth-order valence-corrected chi connectivity index (χ4v) is 4.58. The van der Waals surface area contributed by atoms with Crippen molar-refractivity contribution >= 4 is 19.5 Å². The molecule has 0 unspecified atom stereocenters. The predicted octanol–water partition coefficient (Wildman–Crippen LogP) is 3.89. The first-order valence-electron chi connectivity index (χ1n) is 9.97. The average molecular weight is 440 g/mol. The Labute approximate surface area is 177 Å². The van der Waals surface area contributed by atoms with Crippen LogP contribution in [0.15, 0.2) is 36.4 Å². The quantitative estimate of drug-likeness (QED) is 0.197. The van der Waals surface area contributed by atoms with Gasteiger partial charge in [0.2, 0.25) is 0 Å². The van der Waals surface area contributed by atoms with E-state index in [4.69, 9.17) is 23.3 Å². The largest absolute Gasteiger partial charge is 0.462 e. The summed E-state index contributed by atoms with van der Waals surface area (Å²) in [5.74, 6) is -0.827. The van der Waals surface area contributed by atoms with Crippen LogP contribution >= 0.6 is 7.60 Å². The van der Waals surface area contributed by atoms with Gasteiger partial charge >= 0.3 is 19.5 Å². The Morgan fingerprint density at radius 1 is 1.13 bits per heavy atom. The third-order valence-corrected chi connectivity index (χ3v) is 6.25. The second kappa shape index (κ2) is 12.0. The van der Waals surface area contributed by atoms with E-state index >= 15 is 0 Å². The molecule has 0 spiro atoms. The van der Waals surface area contributed by atoms with E-state index in [1.54, 1.807) is 44.2 Å². The highest BCUT2D eigenvalue weighted by atomic mass is 31.2. The summed E-state index contributed by atoms with van der Waals surface area (Å²) in [5.41, 5.74) is 0.897. The minimum Gasteiger partial charge on any atom is -0.462 e. The SMILES string of the molecule is CCOP(=O)(Cc1ccccc1C(=O)OCC[C@H]1O[C@H]1/C=C\COC(C)=O)OCC. The van der Waals surface area contributed by atoms with Gasteiger partial charge in [-0.05, 0) is 31.6 Å². The Hall–Kier alpha value is -1.99. The molecule has 2 rings (SSSR count). The fourth-order valence-electron chi connectivity index (χ4n) is 2.85. The van der Waals surface area contributed by atoms with Crippen molar-refractivity contribution in [2.75, 3.05) is 26.4 Å². The summed E-state index contributed by atoms with van der Waals surface area (Å²) in [6, 6.07) is 6.84. The van der Waals surface area contributed by atoms with Crippen LogP contribution in [-0.2, 0) is 38.8 Å². The fraction of sp³-hybridized carbons (Fsp3) is 0.524. The van der Waals surface area contributed by atoms with Crippen LogP contribution in [-0.4, -0.2) is 50.6 Å². The number of epoxide rings is 1. The molecular weight excluding hydrogens is 411 g/mol. The van der Waals surface area contributed by atoms with Gasteiger partial charge < -0.3 is 23.3 Å². The van der Waals surface area contributed by atoms with Crippen molar-refractivity contribution < 1.29 is 37.4 Å². The second-order valence-corrected chi connectivity index (χ2v) is 8.61. The van der Waals surface area contributed by atoms with E-state index in [9.17, 15) is 14.2 Å². The lowest BCUT2D eigenvalue weighted by Gasteiger charge is -2.18. The second-order valence-electron chi connectivity index (χ2n) is 6.56. The number of esters is 2. The summed E-state index contributed by atoms with van der Waals surface area (Å²) < 4.78 is 39.1. The van der Waals surface area contributed by atoms with Gasteiger partial charge in [0.25, 0.3) is 0 Å². The molecule has 1 aliphatic heterocycles. The summed E-state index contributed by atoms with van der Waals surface area (Å²) >= 11 is 0. The van der Waals surface area contributed by atoms with Gasteiger partial charge in [0.05, 0.1) is 37.6 Å². The van der Waals surface area contributed by atoms with E-state index in [0.717, 1.165) is 0 Å². The number of rotatable bonds is 13. The number of hydrogen-bond acceptors (Lipinski definition) is 8. The van der Waals surface area contributed by atoms with Crippen molar-refractivity contribution in [1.82, 2.24) is 0 Å². The monoisotopic (exact) mass is 440 g/mol. The summed E-state index contributed by atoms with van der Waals surface area (Å²) in [7, 11) is -3.33. The van der Waals surface area contributed by atoms with Gasteiger partial charge in [-0.25, -0.2) is 4.79 Å². The van der Waals surface area contributed by atoms with Crippen molar-refractivity contribution in [3.05, 3.63) is 47.5 Å². The number of ether oxygens (including phenoxy) is 3. The normalized spacial score (nSPS) is 18.4. The van der Waals surface area contributed by atoms with E-state index < -0.39 is 13.6 Å². The van der Waals surface area contributed by atoms with E-state index in [1.165, 1.54) is 6.92 Å². The highest BCUT2D eigenvalue weighted by molar-refractivity contribution is 7.53. The topological polar surface area (TPSA) is 101 Å². The van der Waals surface area contributed by atoms with E-state index in [1.807, 2.05) is 6.08 Å². The van der Waals surface area contributed by atoms with Crippen LogP contribution in [0.1, 0.15) is 43.1 Å². The molecule has 0 N–H and O–H groups in total. The first-order chi connectivity index (χ1) is 14.4. The van der Waals surface area contributed by atoms with Crippen LogP contribution in [0.3, 0.4) is 0 Å². The van der Waals surface area contributed by atoms with Crippen LogP contribution in [0.25, 0.3) is 0 Å². The molecule has 0 amide bonds. The summed E-state index contributed by atoms with van der Waals surface area (Å²) in [4.78, 5) is 23.2. The Kier molecular flexibility index (Phi) is 9.72. The molecular formula is C21H29O8P.